The van der Waals surface area contributed by atoms with Crippen LogP contribution in [-0.4, -0.2) is 19.3 Å². The van der Waals surface area contributed by atoms with Crippen LogP contribution in [0.1, 0.15) is 121 Å². The van der Waals surface area contributed by atoms with Crippen LogP contribution in [-0.2, 0) is 0 Å². The van der Waals surface area contributed by atoms with Crippen molar-refractivity contribution in [3.63, 3.8) is 0 Å². The van der Waals surface area contributed by atoms with E-state index in [1.54, 1.807) is 5.57 Å². The highest BCUT2D eigenvalue weighted by molar-refractivity contribution is 6.09. The van der Waals surface area contributed by atoms with Gasteiger partial charge >= 0.3 is 0 Å². The van der Waals surface area contributed by atoms with Gasteiger partial charge in [0.1, 0.15) is 17.3 Å². The van der Waals surface area contributed by atoms with Crippen molar-refractivity contribution >= 4 is 21.8 Å². The minimum atomic E-state index is 0.320. The Balaban J connectivity index is 1.32. The third-order valence-corrected chi connectivity index (χ3v) is 12.1. The van der Waals surface area contributed by atoms with Gasteiger partial charge in [-0.05, 0) is 115 Å². The number of nitrogens with zero attached hydrogens (tertiary/aromatic N) is 4. The number of rotatable bonds is 10. The van der Waals surface area contributed by atoms with Crippen LogP contribution in [0, 0.1) is 43.4 Å². The molecule has 3 aromatic carbocycles. The van der Waals surface area contributed by atoms with Crippen molar-refractivity contribution < 1.29 is 4.74 Å². The van der Waals surface area contributed by atoms with Crippen LogP contribution in [0.15, 0.2) is 90.6 Å². The summed E-state index contributed by atoms with van der Waals surface area (Å²) in [5.74, 6) is 6.51. The van der Waals surface area contributed by atoms with Crippen molar-refractivity contribution in [2.75, 3.05) is 0 Å². The number of pyridine rings is 1. The molecule has 1 aliphatic carbocycles. The lowest BCUT2D eigenvalue weighted by Gasteiger charge is -2.41. The van der Waals surface area contributed by atoms with Crippen molar-refractivity contribution in [2.24, 2.45) is 29.6 Å². The minimum absolute atomic E-state index is 0.320. The van der Waals surface area contributed by atoms with Crippen LogP contribution in [0.3, 0.4) is 0 Å². The molecular weight excluding hydrogens is 661 g/mol. The van der Waals surface area contributed by atoms with Crippen LogP contribution in [0.4, 0.5) is 0 Å². The molecule has 6 aromatic rings. The van der Waals surface area contributed by atoms with Gasteiger partial charge in [0.25, 0.3) is 0 Å². The van der Waals surface area contributed by atoms with Gasteiger partial charge < -0.3 is 4.74 Å². The molecule has 1 unspecified atom stereocenters. The number of allylic oxidation sites excluding steroid dienone is 2. The first-order chi connectivity index (χ1) is 25.7. The molecule has 1 aliphatic rings. The van der Waals surface area contributed by atoms with Crippen molar-refractivity contribution in [3.8, 4) is 23.0 Å². The van der Waals surface area contributed by atoms with Crippen molar-refractivity contribution in [1.29, 1.82) is 0 Å². The highest BCUT2D eigenvalue weighted by atomic mass is 16.5. The van der Waals surface area contributed by atoms with E-state index >= 15 is 0 Å². The normalized spacial score (nSPS) is 17.9. The molecule has 0 amide bonds. The lowest BCUT2D eigenvalue weighted by molar-refractivity contribution is 0.232. The quantitative estimate of drug-likeness (QED) is 0.132. The topological polar surface area (TPSA) is 44.9 Å². The lowest BCUT2D eigenvalue weighted by Crippen LogP contribution is -2.31. The molecule has 5 nitrogen and oxygen atoms in total. The first-order valence-electron chi connectivity index (χ1n) is 20.3. The monoisotopic (exact) mass is 720 g/mol. The second-order valence-corrected chi connectivity index (χ2v) is 17.5. The summed E-state index contributed by atoms with van der Waals surface area (Å²) in [6.07, 6.45) is 5.78. The Morgan fingerprint density at radius 2 is 1.41 bits per heavy atom. The average Bonchev–Trinajstić information content (AvgIpc) is 3.62. The summed E-state index contributed by atoms with van der Waals surface area (Å²) in [5, 5.41) is 7.68. The third kappa shape index (κ3) is 6.91. The summed E-state index contributed by atoms with van der Waals surface area (Å²) in [5.41, 5.74) is 11.1. The Bertz CT molecular complexity index is 2330. The van der Waals surface area contributed by atoms with Crippen molar-refractivity contribution in [3.05, 3.63) is 119 Å². The van der Waals surface area contributed by atoms with E-state index in [-0.39, 0.29) is 0 Å². The van der Waals surface area contributed by atoms with E-state index < -0.39 is 0 Å². The van der Waals surface area contributed by atoms with Gasteiger partial charge in [-0.1, -0.05) is 99.1 Å². The van der Waals surface area contributed by atoms with Gasteiger partial charge in [0.2, 0.25) is 0 Å². The molecule has 3 aromatic heterocycles. The van der Waals surface area contributed by atoms with Gasteiger partial charge in [0.15, 0.2) is 0 Å². The molecule has 3 heterocycles. The Morgan fingerprint density at radius 3 is 2.09 bits per heavy atom. The van der Waals surface area contributed by atoms with E-state index in [0.717, 1.165) is 39.7 Å². The fourth-order valence-corrected chi connectivity index (χ4v) is 8.96. The number of benzene rings is 3. The summed E-state index contributed by atoms with van der Waals surface area (Å²) in [4.78, 5) is 4.85. The Kier molecular flexibility index (Phi) is 10.4. The van der Waals surface area contributed by atoms with Crippen LogP contribution in [0.5, 0.6) is 11.5 Å². The van der Waals surface area contributed by atoms with Crippen LogP contribution in [0.25, 0.3) is 33.3 Å². The number of ether oxygens (including phenoxy) is 1. The SMILES string of the molecule is Cc1nn(-c2cc(Oc3ccc4c5ccccc5n(-c5cc(C(C)C)ccn5)c4c3)cc(C(C)C)c2)c(C)c1C1C(C(C)C)=C[C@H](C(C)C)C[C@@H]1C(C)C. The lowest BCUT2D eigenvalue weighted by atomic mass is 9.63. The maximum Gasteiger partial charge on any atom is 0.137 e. The van der Waals surface area contributed by atoms with E-state index in [2.05, 4.69) is 171 Å². The molecule has 0 aliphatic heterocycles. The van der Waals surface area contributed by atoms with Gasteiger partial charge in [-0.3, -0.25) is 4.57 Å². The van der Waals surface area contributed by atoms with E-state index in [9.17, 15) is 0 Å². The van der Waals surface area contributed by atoms with Crippen LogP contribution < -0.4 is 4.74 Å². The van der Waals surface area contributed by atoms with Crippen molar-refractivity contribution in [1.82, 2.24) is 19.3 Å². The maximum absolute atomic E-state index is 6.83. The summed E-state index contributed by atoms with van der Waals surface area (Å²) >= 11 is 0. The van der Waals surface area contributed by atoms with Crippen LogP contribution >= 0.6 is 0 Å². The number of hydrogen-bond donors (Lipinski definition) is 0. The number of fused-ring (bicyclic) bond motifs is 3. The number of aromatic nitrogens is 4. The highest BCUT2D eigenvalue weighted by Crippen LogP contribution is 2.50. The van der Waals surface area contributed by atoms with Gasteiger partial charge in [-0.2, -0.15) is 5.10 Å². The summed E-state index contributed by atoms with van der Waals surface area (Å²) in [6, 6.07) is 26.0. The molecule has 0 N–H and O–H groups in total. The van der Waals surface area contributed by atoms with E-state index in [1.165, 1.54) is 39.6 Å². The highest BCUT2D eigenvalue weighted by Gasteiger charge is 2.39. The fourth-order valence-electron chi connectivity index (χ4n) is 8.96. The second-order valence-electron chi connectivity index (χ2n) is 17.5. The molecule has 0 saturated carbocycles. The largest absolute Gasteiger partial charge is 0.457 e. The molecule has 282 valence electrons. The Labute approximate surface area is 323 Å². The van der Waals surface area contributed by atoms with E-state index in [1.807, 2.05) is 6.20 Å². The first kappa shape index (κ1) is 37.7. The number of para-hydroxylation sites is 1. The molecule has 0 spiro atoms. The Hall–Kier alpha value is -4.64. The molecule has 3 atom stereocenters. The molecule has 0 saturated heterocycles. The van der Waals surface area contributed by atoms with E-state index in [4.69, 9.17) is 14.8 Å². The standard InChI is InChI=1S/C49H60N4O/c1-28(2)35-19-20-50-47(25-35)52-45-16-14-13-15-41(45)42-18-17-39(27-46(42)52)54-40-22-36(29(3)4)21-38(26-40)53-34(12)48(33(11)51-53)49-43(31(7)8)23-37(30(5)6)24-44(49)32(9)10/h13-23,25-32,37,44,49H,24H2,1-12H3/t37-,44+,49?/m0/s1. The summed E-state index contributed by atoms with van der Waals surface area (Å²) in [6.45, 7) is 27.8. The molecule has 0 fully saturated rings. The summed E-state index contributed by atoms with van der Waals surface area (Å²) < 4.78 is 11.3. The van der Waals surface area contributed by atoms with Gasteiger partial charge in [-0.25, -0.2) is 9.67 Å². The zero-order valence-corrected chi connectivity index (χ0v) is 34.6. The summed E-state index contributed by atoms with van der Waals surface area (Å²) in [7, 11) is 0. The molecule has 0 bridgehead atoms. The van der Waals surface area contributed by atoms with Gasteiger partial charge in [0, 0.05) is 46.3 Å². The smallest absolute Gasteiger partial charge is 0.137 e. The molecule has 5 heteroatoms. The number of aryl methyl sites for hydroxylation is 1. The Morgan fingerprint density at radius 1 is 0.685 bits per heavy atom. The zero-order valence-electron chi connectivity index (χ0n) is 34.6. The van der Waals surface area contributed by atoms with Gasteiger partial charge in [0.05, 0.1) is 22.4 Å². The third-order valence-electron chi connectivity index (χ3n) is 12.1. The second kappa shape index (κ2) is 14.9. The molecular formula is C49H60N4O. The van der Waals surface area contributed by atoms with Crippen molar-refractivity contribution in [2.45, 2.75) is 107 Å². The molecule has 54 heavy (non-hydrogen) atoms. The first-order valence-corrected chi connectivity index (χ1v) is 20.3. The van der Waals surface area contributed by atoms with Gasteiger partial charge in [-0.15, -0.1) is 0 Å². The average molecular weight is 721 g/mol. The number of hydrogen-bond acceptors (Lipinski definition) is 3. The fraction of sp³-hybridized carbons (Fsp3) is 0.429. The molecule has 0 radical (unpaired) electrons. The zero-order chi connectivity index (χ0) is 38.6. The minimum Gasteiger partial charge on any atom is -0.457 e. The predicted octanol–water partition coefficient (Wildman–Crippen LogP) is 13.6. The predicted molar refractivity (Wildman–Crippen MR) is 227 cm³/mol. The maximum atomic E-state index is 6.83. The van der Waals surface area contributed by atoms with E-state index in [0.29, 0.717) is 47.3 Å². The molecule has 7 rings (SSSR count). The van der Waals surface area contributed by atoms with Crippen LogP contribution in [0.2, 0.25) is 0 Å².